The van der Waals surface area contributed by atoms with Crippen LogP contribution < -0.4 is 0 Å². The molecular formula is C10H17N. The number of aliphatic imine (C=N–C) groups is 1. The summed E-state index contributed by atoms with van der Waals surface area (Å²) in [5.41, 5.74) is 1.60. The van der Waals surface area contributed by atoms with Gasteiger partial charge in [-0.3, -0.25) is 4.99 Å². The third-order valence-electron chi connectivity index (χ3n) is 1.99. The quantitative estimate of drug-likeness (QED) is 0.504. The summed E-state index contributed by atoms with van der Waals surface area (Å²) in [6.07, 6.45) is 7.71. The molecular weight excluding hydrogens is 134 g/mol. The van der Waals surface area contributed by atoms with Crippen molar-refractivity contribution in [1.29, 1.82) is 0 Å². The fraction of sp³-hybridized carbons (Fsp3) is 0.700. The fourth-order valence-corrected chi connectivity index (χ4v) is 1.24. The van der Waals surface area contributed by atoms with Gasteiger partial charge in [0.15, 0.2) is 0 Å². The lowest BCUT2D eigenvalue weighted by atomic mass is 9.87. The van der Waals surface area contributed by atoms with Crippen molar-refractivity contribution in [3.05, 3.63) is 12.3 Å². The Hall–Kier alpha value is -0.590. The number of hydrogen-bond donors (Lipinski definition) is 0. The molecule has 1 rings (SSSR count). The highest BCUT2D eigenvalue weighted by Gasteiger charge is 2.18. The highest BCUT2D eigenvalue weighted by molar-refractivity contribution is 5.89. The molecule has 0 radical (unpaired) electrons. The molecule has 0 spiro atoms. The molecule has 0 aromatic heterocycles. The summed E-state index contributed by atoms with van der Waals surface area (Å²) in [4.78, 5) is 4.43. The molecule has 0 unspecified atom stereocenters. The van der Waals surface area contributed by atoms with Gasteiger partial charge in [-0.25, -0.2) is 0 Å². The molecule has 0 atom stereocenters. The zero-order valence-electron chi connectivity index (χ0n) is 7.72. The normalized spacial score (nSPS) is 19.4. The summed E-state index contributed by atoms with van der Waals surface area (Å²) in [5, 5.41) is 0. The van der Waals surface area contributed by atoms with Gasteiger partial charge in [0.05, 0.1) is 0 Å². The predicted octanol–water partition coefficient (Wildman–Crippen LogP) is 3.17. The van der Waals surface area contributed by atoms with Crippen LogP contribution in [0.3, 0.4) is 0 Å². The van der Waals surface area contributed by atoms with Crippen LogP contribution in [0, 0.1) is 5.41 Å². The van der Waals surface area contributed by atoms with Crippen molar-refractivity contribution >= 4 is 5.71 Å². The van der Waals surface area contributed by atoms with Gasteiger partial charge in [0.2, 0.25) is 0 Å². The average molecular weight is 151 g/mol. The van der Waals surface area contributed by atoms with Gasteiger partial charge in [0.1, 0.15) is 0 Å². The zero-order chi connectivity index (χ0) is 8.32. The van der Waals surface area contributed by atoms with E-state index in [4.69, 9.17) is 0 Å². The van der Waals surface area contributed by atoms with Gasteiger partial charge in [-0.15, -0.1) is 0 Å². The van der Waals surface area contributed by atoms with E-state index in [1.54, 1.807) is 0 Å². The van der Waals surface area contributed by atoms with Crippen LogP contribution in [0.15, 0.2) is 17.3 Å². The van der Waals surface area contributed by atoms with Crippen molar-refractivity contribution < 1.29 is 0 Å². The first-order valence-electron chi connectivity index (χ1n) is 4.33. The van der Waals surface area contributed by atoms with Crippen LogP contribution in [0.1, 0.15) is 40.0 Å². The maximum absolute atomic E-state index is 4.43. The maximum Gasteiger partial charge on any atom is 0.0232 e. The Bertz CT molecular complexity index is 182. The summed E-state index contributed by atoms with van der Waals surface area (Å²) in [6.45, 7) is 6.68. The fourth-order valence-electron chi connectivity index (χ4n) is 1.24. The first-order chi connectivity index (χ1) is 5.11. The molecule has 0 saturated heterocycles. The standard InChI is InChI=1S/C10H17N/c1-10(2,3)9-7-5-4-6-8-11-9/h6,8H,4-5,7H2,1-3H3. The molecule has 0 fully saturated rings. The highest BCUT2D eigenvalue weighted by atomic mass is 14.7. The van der Waals surface area contributed by atoms with Crippen molar-refractivity contribution in [2.75, 3.05) is 0 Å². The summed E-state index contributed by atoms with van der Waals surface area (Å²) in [5.74, 6) is 0. The summed E-state index contributed by atoms with van der Waals surface area (Å²) < 4.78 is 0. The molecule has 1 heteroatoms. The van der Waals surface area contributed by atoms with Crippen LogP contribution >= 0.6 is 0 Å². The van der Waals surface area contributed by atoms with Gasteiger partial charge in [0, 0.05) is 17.3 Å². The first kappa shape index (κ1) is 8.51. The van der Waals surface area contributed by atoms with E-state index in [2.05, 4.69) is 31.8 Å². The lowest BCUT2D eigenvalue weighted by Crippen LogP contribution is -2.19. The van der Waals surface area contributed by atoms with Crippen molar-refractivity contribution in [2.24, 2.45) is 10.4 Å². The Morgan fingerprint density at radius 2 is 2.09 bits per heavy atom. The van der Waals surface area contributed by atoms with Crippen LogP contribution in [0.25, 0.3) is 0 Å². The van der Waals surface area contributed by atoms with Crippen LogP contribution in [-0.2, 0) is 0 Å². The van der Waals surface area contributed by atoms with Crippen molar-refractivity contribution in [3.63, 3.8) is 0 Å². The van der Waals surface area contributed by atoms with Gasteiger partial charge in [-0.05, 0) is 19.3 Å². The molecule has 1 aliphatic rings. The van der Waals surface area contributed by atoms with Crippen molar-refractivity contribution in [2.45, 2.75) is 40.0 Å². The molecule has 0 saturated carbocycles. The van der Waals surface area contributed by atoms with Crippen molar-refractivity contribution in [3.8, 4) is 0 Å². The monoisotopic (exact) mass is 151 g/mol. The molecule has 1 nitrogen and oxygen atoms in total. The smallest absolute Gasteiger partial charge is 0.0232 e. The van der Waals surface area contributed by atoms with Crippen LogP contribution in [0.4, 0.5) is 0 Å². The van der Waals surface area contributed by atoms with E-state index in [1.807, 2.05) is 6.20 Å². The third kappa shape index (κ3) is 2.49. The van der Waals surface area contributed by atoms with Gasteiger partial charge in [-0.1, -0.05) is 26.8 Å². The van der Waals surface area contributed by atoms with E-state index in [-0.39, 0.29) is 5.41 Å². The third-order valence-corrected chi connectivity index (χ3v) is 1.99. The Morgan fingerprint density at radius 3 is 2.73 bits per heavy atom. The molecule has 1 aliphatic heterocycles. The molecule has 62 valence electrons. The largest absolute Gasteiger partial charge is 0.265 e. The molecule has 1 heterocycles. The van der Waals surface area contributed by atoms with E-state index in [0.717, 1.165) is 6.42 Å². The lowest BCUT2D eigenvalue weighted by Gasteiger charge is -2.20. The van der Waals surface area contributed by atoms with Gasteiger partial charge < -0.3 is 0 Å². The second kappa shape index (κ2) is 3.21. The molecule has 0 aliphatic carbocycles. The van der Waals surface area contributed by atoms with Gasteiger partial charge in [-0.2, -0.15) is 0 Å². The Kier molecular flexibility index (Phi) is 2.48. The molecule has 11 heavy (non-hydrogen) atoms. The minimum absolute atomic E-state index is 0.259. The van der Waals surface area contributed by atoms with E-state index in [0.29, 0.717) is 0 Å². The molecule has 0 bridgehead atoms. The Balaban J connectivity index is 2.71. The first-order valence-corrected chi connectivity index (χ1v) is 4.33. The second-order valence-electron chi connectivity index (χ2n) is 4.10. The number of allylic oxidation sites excluding steroid dienone is 1. The van der Waals surface area contributed by atoms with E-state index >= 15 is 0 Å². The summed E-state index contributed by atoms with van der Waals surface area (Å²) in [7, 11) is 0. The topological polar surface area (TPSA) is 12.4 Å². The lowest BCUT2D eigenvalue weighted by molar-refractivity contribution is 0.574. The highest BCUT2D eigenvalue weighted by Crippen LogP contribution is 2.21. The second-order valence-corrected chi connectivity index (χ2v) is 4.10. The zero-order valence-corrected chi connectivity index (χ0v) is 7.72. The summed E-state index contributed by atoms with van der Waals surface area (Å²) >= 11 is 0. The van der Waals surface area contributed by atoms with E-state index < -0.39 is 0 Å². The minimum atomic E-state index is 0.259. The van der Waals surface area contributed by atoms with Gasteiger partial charge in [0.25, 0.3) is 0 Å². The van der Waals surface area contributed by atoms with Crippen LogP contribution in [-0.4, -0.2) is 5.71 Å². The van der Waals surface area contributed by atoms with Crippen LogP contribution in [0.2, 0.25) is 0 Å². The number of rotatable bonds is 0. The van der Waals surface area contributed by atoms with Crippen LogP contribution in [0.5, 0.6) is 0 Å². The maximum atomic E-state index is 4.43. The molecule has 0 N–H and O–H groups in total. The average Bonchev–Trinajstić information content (AvgIpc) is 2.10. The molecule has 0 amide bonds. The molecule has 0 aromatic rings. The van der Waals surface area contributed by atoms with E-state index in [9.17, 15) is 0 Å². The van der Waals surface area contributed by atoms with Crippen molar-refractivity contribution in [1.82, 2.24) is 0 Å². The number of hydrogen-bond acceptors (Lipinski definition) is 1. The van der Waals surface area contributed by atoms with Gasteiger partial charge >= 0.3 is 0 Å². The molecule has 0 aromatic carbocycles. The Morgan fingerprint density at radius 1 is 1.36 bits per heavy atom. The SMILES string of the molecule is CC(C)(C)C1=NC=CCCC1. The minimum Gasteiger partial charge on any atom is -0.265 e. The van der Waals surface area contributed by atoms with E-state index in [1.165, 1.54) is 18.6 Å². The number of nitrogens with zero attached hydrogens (tertiary/aromatic N) is 1. The Labute approximate surface area is 69.2 Å². The summed E-state index contributed by atoms with van der Waals surface area (Å²) in [6, 6.07) is 0. The predicted molar refractivity (Wildman–Crippen MR) is 49.9 cm³/mol.